The maximum Gasteiger partial charge on any atom is 0.304 e. The molecule has 0 saturated carbocycles. The maximum atomic E-state index is 11.8. The Morgan fingerprint density at radius 2 is 2.09 bits per heavy atom. The number of carbonyl (C=O) groups excluding carboxylic acids is 2. The zero-order chi connectivity index (χ0) is 15.9. The zero-order valence-corrected chi connectivity index (χ0v) is 11.9. The van der Waals surface area contributed by atoms with Crippen molar-refractivity contribution in [3.05, 3.63) is 53.9 Å². The van der Waals surface area contributed by atoms with Crippen molar-refractivity contribution in [3.63, 3.8) is 0 Å². The minimum Gasteiger partial charge on any atom is -0.445 e. The van der Waals surface area contributed by atoms with Gasteiger partial charge in [-0.3, -0.25) is 14.6 Å². The molecule has 110 valence electrons. The lowest BCUT2D eigenvalue weighted by atomic mass is 10.1. The summed E-state index contributed by atoms with van der Waals surface area (Å²) in [4.78, 5) is 26.4. The van der Waals surface area contributed by atoms with Crippen LogP contribution in [0.1, 0.15) is 23.0 Å². The van der Waals surface area contributed by atoms with E-state index in [4.69, 9.17) is 5.26 Å². The normalized spacial score (nSPS) is 9.64. The quantitative estimate of drug-likeness (QED) is 0.686. The minimum atomic E-state index is -0.471. The molecule has 0 unspecified atom stereocenters. The molecule has 1 aromatic carbocycles. The molecule has 6 heteroatoms. The number of carbonyl (C=O) groups is 2. The fraction of sp³-hybridized carbons (Fsp3) is 0.125. The smallest absolute Gasteiger partial charge is 0.304 e. The van der Waals surface area contributed by atoms with Crippen molar-refractivity contribution >= 4 is 11.9 Å². The van der Waals surface area contributed by atoms with Crippen molar-refractivity contribution in [1.29, 1.82) is 5.26 Å². The van der Waals surface area contributed by atoms with Crippen LogP contribution in [0.15, 0.2) is 42.6 Å². The summed E-state index contributed by atoms with van der Waals surface area (Å²) in [7, 11) is 0. The van der Waals surface area contributed by atoms with E-state index in [1.165, 1.54) is 6.92 Å². The fourth-order valence-electron chi connectivity index (χ4n) is 1.76. The van der Waals surface area contributed by atoms with Gasteiger partial charge in [-0.1, -0.05) is 18.2 Å². The van der Waals surface area contributed by atoms with Crippen LogP contribution in [0.4, 0.5) is 0 Å². The second kappa shape index (κ2) is 6.99. The van der Waals surface area contributed by atoms with E-state index in [9.17, 15) is 9.59 Å². The predicted molar refractivity (Wildman–Crippen MR) is 78.5 cm³/mol. The molecule has 22 heavy (non-hydrogen) atoms. The van der Waals surface area contributed by atoms with Crippen LogP contribution < -0.4 is 5.32 Å². The summed E-state index contributed by atoms with van der Waals surface area (Å²) in [5.74, 6) is -0.903. The van der Waals surface area contributed by atoms with Crippen LogP contribution in [0.5, 0.6) is 0 Å². The van der Waals surface area contributed by atoms with E-state index in [1.54, 1.807) is 36.5 Å². The summed E-state index contributed by atoms with van der Waals surface area (Å²) < 4.78 is 4.62. The number of benzene rings is 1. The first-order valence-electron chi connectivity index (χ1n) is 6.48. The van der Waals surface area contributed by atoms with Crippen molar-refractivity contribution in [2.24, 2.45) is 0 Å². The number of pyridine rings is 1. The topological polar surface area (TPSA) is 92.1 Å². The summed E-state index contributed by atoms with van der Waals surface area (Å²) >= 11 is 0. The summed E-state index contributed by atoms with van der Waals surface area (Å²) in [5.41, 5.74) is 2.42. The Bertz CT molecular complexity index is 733. The third-order valence-electron chi connectivity index (χ3n) is 2.83. The second-order valence-corrected chi connectivity index (χ2v) is 4.41. The molecule has 2 aromatic rings. The number of nitrogens with one attached hydrogen (secondary N) is 1. The molecule has 6 nitrogen and oxygen atoms in total. The number of amides is 1. The van der Waals surface area contributed by atoms with Gasteiger partial charge in [-0.05, 0) is 23.8 Å². The molecule has 0 bridgehead atoms. The molecule has 1 N–H and O–H groups in total. The standard InChI is InChI=1S/C16H13N3O3/c1-11(20)22-10-19-16(21)15-6-5-14(9-18-15)13-4-2-3-12(7-13)8-17/h2-7,9H,10H2,1H3,(H,19,21). The van der Waals surface area contributed by atoms with Gasteiger partial charge in [0.05, 0.1) is 11.6 Å². The molecule has 0 radical (unpaired) electrons. The Labute approximate surface area is 127 Å². The van der Waals surface area contributed by atoms with Crippen LogP contribution in [-0.4, -0.2) is 23.6 Å². The van der Waals surface area contributed by atoms with E-state index in [-0.39, 0.29) is 12.4 Å². The molecule has 0 aliphatic heterocycles. The molecule has 0 atom stereocenters. The molecule has 1 amide bonds. The lowest BCUT2D eigenvalue weighted by Gasteiger charge is -2.06. The molecular weight excluding hydrogens is 282 g/mol. The van der Waals surface area contributed by atoms with Crippen molar-refractivity contribution in [2.75, 3.05) is 6.73 Å². The van der Waals surface area contributed by atoms with Gasteiger partial charge in [0.1, 0.15) is 5.69 Å². The molecule has 0 spiro atoms. The Hall–Kier alpha value is -3.20. The number of aromatic nitrogens is 1. The molecule has 0 saturated heterocycles. The van der Waals surface area contributed by atoms with Crippen molar-refractivity contribution in [2.45, 2.75) is 6.92 Å². The highest BCUT2D eigenvalue weighted by Crippen LogP contribution is 2.19. The number of rotatable bonds is 4. The van der Waals surface area contributed by atoms with Gasteiger partial charge >= 0.3 is 5.97 Å². The van der Waals surface area contributed by atoms with E-state index in [0.29, 0.717) is 5.56 Å². The van der Waals surface area contributed by atoms with E-state index >= 15 is 0 Å². The summed E-state index contributed by atoms with van der Waals surface area (Å²) in [5, 5.41) is 11.3. The second-order valence-electron chi connectivity index (χ2n) is 4.41. The number of nitrogens with zero attached hydrogens (tertiary/aromatic N) is 2. The van der Waals surface area contributed by atoms with Gasteiger partial charge in [0, 0.05) is 18.7 Å². The highest BCUT2D eigenvalue weighted by atomic mass is 16.5. The average molecular weight is 295 g/mol. The molecule has 2 rings (SSSR count). The number of nitriles is 1. The maximum absolute atomic E-state index is 11.8. The van der Waals surface area contributed by atoms with Crippen LogP contribution in [0.3, 0.4) is 0 Å². The molecule has 1 heterocycles. The Balaban J connectivity index is 2.08. The van der Waals surface area contributed by atoms with Gasteiger partial charge in [-0.25, -0.2) is 0 Å². The highest BCUT2D eigenvalue weighted by molar-refractivity contribution is 5.92. The largest absolute Gasteiger partial charge is 0.445 e. The summed E-state index contributed by atoms with van der Waals surface area (Å²) in [6, 6.07) is 12.5. The first-order valence-corrected chi connectivity index (χ1v) is 6.48. The van der Waals surface area contributed by atoms with Crippen LogP contribution in [-0.2, 0) is 9.53 Å². The van der Waals surface area contributed by atoms with Gasteiger partial charge < -0.3 is 10.1 Å². The van der Waals surface area contributed by atoms with Crippen molar-refractivity contribution in [1.82, 2.24) is 10.3 Å². The minimum absolute atomic E-state index is 0.193. The summed E-state index contributed by atoms with van der Waals surface area (Å²) in [6.07, 6.45) is 1.55. The molecule has 0 fully saturated rings. The van der Waals surface area contributed by atoms with E-state index in [0.717, 1.165) is 11.1 Å². The zero-order valence-electron chi connectivity index (χ0n) is 11.9. The monoisotopic (exact) mass is 295 g/mol. The van der Waals surface area contributed by atoms with Gasteiger partial charge in [0.25, 0.3) is 5.91 Å². The van der Waals surface area contributed by atoms with Gasteiger partial charge in [-0.15, -0.1) is 0 Å². The van der Waals surface area contributed by atoms with Crippen LogP contribution in [0.25, 0.3) is 11.1 Å². The SMILES string of the molecule is CC(=O)OCNC(=O)c1ccc(-c2cccc(C#N)c2)cn1. The number of hydrogen-bond acceptors (Lipinski definition) is 5. The average Bonchev–Trinajstić information content (AvgIpc) is 2.54. The van der Waals surface area contributed by atoms with Gasteiger partial charge in [0.2, 0.25) is 0 Å². The Kier molecular flexibility index (Phi) is 4.83. The van der Waals surface area contributed by atoms with Crippen LogP contribution in [0.2, 0.25) is 0 Å². The highest BCUT2D eigenvalue weighted by Gasteiger charge is 2.08. The fourth-order valence-corrected chi connectivity index (χ4v) is 1.76. The van der Waals surface area contributed by atoms with Crippen LogP contribution >= 0.6 is 0 Å². The van der Waals surface area contributed by atoms with Gasteiger partial charge in [-0.2, -0.15) is 5.26 Å². The first-order chi connectivity index (χ1) is 10.6. The molecular formula is C16H13N3O3. The van der Waals surface area contributed by atoms with Gasteiger partial charge in [0.15, 0.2) is 6.73 Å². The van der Waals surface area contributed by atoms with Crippen molar-refractivity contribution in [3.8, 4) is 17.2 Å². The Morgan fingerprint density at radius 1 is 1.27 bits per heavy atom. The third kappa shape index (κ3) is 3.90. The molecule has 0 aliphatic rings. The summed E-state index contributed by atoms with van der Waals surface area (Å²) in [6.45, 7) is 1.07. The molecule has 1 aromatic heterocycles. The lowest BCUT2D eigenvalue weighted by molar-refractivity contribution is -0.141. The van der Waals surface area contributed by atoms with E-state index < -0.39 is 11.9 Å². The van der Waals surface area contributed by atoms with E-state index in [2.05, 4.69) is 21.1 Å². The lowest BCUT2D eigenvalue weighted by Crippen LogP contribution is -2.27. The third-order valence-corrected chi connectivity index (χ3v) is 2.83. The first kappa shape index (κ1) is 15.2. The van der Waals surface area contributed by atoms with Crippen LogP contribution in [0, 0.1) is 11.3 Å². The number of hydrogen-bond donors (Lipinski definition) is 1. The number of ether oxygens (including phenoxy) is 1. The predicted octanol–water partition coefficient (Wildman–Crippen LogP) is 1.87. The molecule has 0 aliphatic carbocycles. The van der Waals surface area contributed by atoms with E-state index in [1.807, 2.05) is 6.07 Å². The number of esters is 1. The van der Waals surface area contributed by atoms with Crippen molar-refractivity contribution < 1.29 is 14.3 Å². The Morgan fingerprint density at radius 3 is 2.73 bits per heavy atom.